The Kier molecular flexibility index (Phi) is 3.23. The Bertz CT molecular complexity index is 468. The fourth-order valence-electron chi connectivity index (χ4n) is 2.05. The minimum absolute atomic E-state index is 0.250. The maximum absolute atomic E-state index is 11.6. The normalized spacial score (nSPS) is 23.0. The third-order valence-electron chi connectivity index (χ3n) is 3.03. The molecule has 1 aromatic carbocycles. The van der Waals surface area contributed by atoms with Crippen molar-refractivity contribution in [3.05, 3.63) is 35.4 Å². The van der Waals surface area contributed by atoms with E-state index in [4.69, 9.17) is 9.84 Å². The van der Waals surface area contributed by atoms with Gasteiger partial charge in [-0.1, -0.05) is 29.8 Å². The zero-order valence-electron chi connectivity index (χ0n) is 10.3. The third-order valence-corrected chi connectivity index (χ3v) is 3.03. The third kappa shape index (κ3) is 2.30. The van der Waals surface area contributed by atoms with Crippen molar-refractivity contribution in [1.82, 2.24) is 4.90 Å². The number of benzene rings is 1. The molecule has 1 fully saturated rings. The van der Waals surface area contributed by atoms with Gasteiger partial charge in [-0.2, -0.15) is 0 Å². The highest BCUT2D eigenvalue weighted by Gasteiger charge is 2.43. The van der Waals surface area contributed by atoms with E-state index in [9.17, 15) is 9.59 Å². The molecule has 1 aromatic rings. The van der Waals surface area contributed by atoms with E-state index in [-0.39, 0.29) is 6.54 Å². The number of ether oxygens (including phenoxy) is 1. The van der Waals surface area contributed by atoms with Crippen LogP contribution in [-0.2, 0) is 16.1 Å². The number of hydrogen-bond acceptors (Lipinski definition) is 3. The molecule has 0 bridgehead atoms. The van der Waals surface area contributed by atoms with Gasteiger partial charge in [-0.15, -0.1) is 0 Å². The second kappa shape index (κ2) is 4.68. The fraction of sp³-hybridized carbons (Fsp3) is 0.385. The molecule has 2 unspecified atom stereocenters. The first kappa shape index (κ1) is 12.4. The Balaban J connectivity index is 2.18. The Morgan fingerprint density at radius 1 is 1.39 bits per heavy atom. The highest BCUT2D eigenvalue weighted by molar-refractivity contribution is 5.83. The highest BCUT2D eigenvalue weighted by atomic mass is 16.6. The molecule has 96 valence electrons. The molecule has 1 aliphatic heterocycles. The van der Waals surface area contributed by atoms with E-state index in [0.717, 1.165) is 11.1 Å². The molecule has 5 heteroatoms. The van der Waals surface area contributed by atoms with Crippen LogP contribution in [0.1, 0.15) is 18.1 Å². The Morgan fingerprint density at radius 3 is 2.56 bits per heavy atom. The number of amides is 1. The standard InChI is InChI=1S/C13H15NO4/c1-8-3-5-10(6-4-8)7-14-11(12(15)16)9(2)18-13(14)17/h3-6,9,11H,7H2,1-2H3,(H,15,16). The lowest BCUT2D eigenvalue weighted by molar-refractivity contribution is -0.142. The maximum Gasteiger partial charge on any atom is 0.411 e. The number of carbonyl (C=O) groups excluding carboxylic acids is 1. The largest absolute Gasteiger partial charge is 0.480 e. The molecule has 1 heterocycles. The van der Waals surface area contributed by atoms with Crippen LogP contribution in [0, 0.1) is 6.92 Å². The number of hydrogen-bond donors (Lipinski definition) is 1. The average Bonchev–Trinajstić information content (AvgIpc) is 2.57. The van der Waals surface area contributed by atoms with E-state index in [2.05, 4.69) is 0 Å². The van der Waals surface area contributed by atoms with Crippen LogP contribution >= 0.6 is 0 Å². The smallest absolute Gasteiger partial charge is 0.411 e. The highest BCUT2D eigenvalue weighted by Crippen LogP contribution is 2.22. The minimum Gasteiger partial charge on any atom is -0.480 e. The molecule has 5 nitrogen and oxygen atoms in total. The van der Waals surface area contributed by atoms with Gasteiger partial charge in [0.05, 0.1) is 6.54 Å². The Labute approximate surface area is 105 Å². The molecule has 2 rings (SSSR count). The lowest BCUT2D eigenvalue weighted by atomic mass is 10.1. The van der Waals surface area contributed by atoms with Gasteiger partial charge in [-0.05, 0) is 19.4 Å². The quantitative estimate of drug-likeness (QED) is 0.886. The van der Waals surface area contributed by atoms with Gasteiger partial charge in [0, 0.05) is 0 Å². The van der Waals surface area contributed by atoms with Gasteiger partial charge in [0.25, 0.3) is 0 Å². The van der Waals surface area contributed by atoms with Crippen LogP contribution in [0.4, 0.5) is 4.79 Å². The molecule has 0 aromatic heterocycles. The summed E-state index contributed by atoms with van der Waals surface area (Å²) in [6.45, 7) is 3.81. The van der Waals surface area contributed by atoms with Crippen LogP contribution in [-0.4, -0.2) is 34.2 Å². The predicted molar refractivity (Wildman–Crippen MR) is 64.1 cm³/mol. The SMILES string of the molecule is Cc1ccc(CN2C(=O)OC(C)C2C(=O)O)cc1. The van der Waals surface area contributed by atoms with Crippen molar-refractivity contribution in [2.75, 3.05) is 0 Å². The van der Waals surface area contributed by atoms with Crippen molar-refractivity contribution in [2.45, 2.75) is 32.5 Å². The molecule has 0 aliphatic carbocycles. The molecule has 1 aliphatic rings. The lowest BCUT2D eigenvalue weighted by Crippen LogP contribution is -2.41. The molecule has 2 atom stereocenters. The van der Waals surface area contributed by atoms with Gasteiger partial charge in [0.2, 0.25) is 0 Å². The van der Waals surface area contributed by atoms with E-state index < -0.39 is 24.2 Å². The lowest BCUT2D eigenvalue weighted by Gasteiger charge is -2.19. The van der Waals surface area contributed by atoms with E-state index in [1.807, 2.05) is 31.2 Å². The number of rotatable bonds is 3. The van der Waals surface area contributed by atoms with Gasteiger partial charge in [-0.3, -0.25) is 4.90 Å². The van der Waals surface area contributed by atoms with E-state index in [1.165, 1.54) is 4.90 Å². The number of aliphatic carboxylic acids is 1. The average molecular weight is 249 g/mol. The number of carboxylic acids is 1. The van der Waals surface area contributed by atoms with Crippen LogP contribution in [0.15, 0.2) is 24.3 Å². The molecule has 1 N–H and O–H groups in total. The first-order valence-electron chi connectivity index (χ1n) is 5.74. The molecule has 18 heavy (non-hydrogen) atoms. The first-order valence-corrected chi connectivity index (χ1v) is 5.74. The van der Waals surface area contributed by atoms with Crippen LogP contribution in [0.25, 0.3) is 0 Å². The van der Waals surface area contributed by atoms with Crippen molar-refractivity contribution in [3.8, 4) is 0 Å². The topological polar surface area (TPSA) is 66.8 Å². The van der Waals surface area contributed by atoms with Crippen molar-refractivity contribution >= 4 is 12.1 Å². The van der Waals surface area contributed by atoms with Crippen LogP contribution in [0.5, 0.6) is 0 Å². The summed E-state index contributed by atoms with van der Waals surface area (Å²) >= 11 is 0. The van der Waals surface area contributed by atoms with Crippen LogP contribution < -0.4 is 0 Å². The zero-order chi connectivity index (χ0) is 13.3. The monoisotopic (exact) mass is 249 g/mol. The van der Waals surface area contributed by atoms with Gasteiger partial charge < -0.3 is 9.84 Å². The van der Waals surface area contributed by atoms with E-state index in [1.54, 1.807) is 6.92 Å². The number of carboxylic acid groups (broad SMARTS) is 1. The van der Waals surface area contributed by atoms with Crippen LogP contribution in [0.2, 0.25) is 0 Å². The van der Waals surface area contributed by atoms with Crippen molar-refractivity contribution in [1.29, 1.82) is 0 Å². The number of carbonyl (C=O) groups is 2. The summed E-state index contributed by atoms with van der Waals surface area (Å²) in [4.78, 5) is 24.0. The minimum atomic E-state index is -1.04. The molecule has 1 saturated heterocycles. The molecule has 0 spiro atoms. The number of aryl methyl sites for hydroxylation is 1. The first-order chi connectivity index (χ1) is 8.49. The van der Waals surface area contributed by atoms with Gasteiger partial charge in [0.1, 0.15) is 6.10 Å². The fourth-order valence-corrected chi connectivity index (χ4v) is 2.05. The summed E-state index contributed by atoms with van der Waals surface area (Å²) in [5.41, 5.74) is 2.00. The summed E-state index contributed by atoms with van der Waals surface area (Å²) in [6.07, 6.45) is -1.20. The van der Waals surface area contributed by atoms with Gasteiger partial charge in [-0.25, -0.2) is 9.59 Å². The van der Waals surface area contributed by atoms with E-state index in [0.29, 0.717) is 0 Å². The summed E-state index contributed by atoms with van der Waals surface area (Å²) in [7, 11) is 0. The van der Waals surface area contributed by atoms with Crippen molar-refractivity contribution < 1.29 is 19.4 Å². The molecular formula is C13H15NO4. The summed E-state index contributed by atoms with van der Waals surface area (Å²) < 4.78 is 4.95. The van der Waals surface area contributed by atoms with E-state index >= 15 is 0 Å². The summed E-state index contributed by atoms with van der Waals surface area (Å²) in [6, 6.07) is 6.69. The van der Waals surface area contributed by atoms with Crippen LogP contribution in [0.3, 0.4) is 0 Å². The van der Waals surface area contributed by atoms with Crippen molar-refractivity contribution in [3.63, 3.8) is 0 Å². The molecule has 0 radical (unpaired) electrons. The molecule has 0 saturated carbocycles. The van der Waals surface area contributed by atoms with Gasteiger partial charge in [0.15, 0.2) is 6.04 Å². The summed E-state index contributed by atoms with van der Waals surface area (Å²) in [5, 5.41) is 9.12. The number of nitrogens with zero attached hydrogens (tertiary/aromatic N) is 1. The van der Waals surface area contributed by atoms with Gasteiger partial charge >= 0.3 is 12.1 Å². The Morgan fingerprint density at radius 2 is 2.00 bits per heavy atom. The molecule has 1 amide bonds. The Hall–Kier alpha value is -2.04. The zero-order valence-corrected chi connectivity index (χ0v) is 10.3. The maximum atomic E-state index is 11.6. The second-order valence-corrected chi connectivity index (χ2v) is 4.49. The van der Waals surface area contributed by atoms with Crippen molar-refractivity contribution in [2.24, 2.45) is 0 Å². The summed E-state index contributed by atoms with van der Waals surface area (Å²) in [5.74, 6) is -1.04. The second-order valence-electron chi connectivity index (χ2n) is 4.49. The predicted octanol–water partition coefficient (Wildman–Crippen LogP) is 1.79. The molecular weight excluding hydrogens is 234 g/mol. The number of cyclic esters (lactones) is 1.